The van der Waals surface area contributed by atoms with E-state index in [2.05, 4.69) is 15.9 Å². The van der Waals surface area contributed by atoms with E-state index in [0.717, 1.165) is 4.47 Å². The Hall–Kier alpha value is -0.700. The molecule has 0 aliphatic carbocycles. The third kappa shape index (κ3) is 5.44. The van der Waals surface area contributed by atoms with E-state index in [1.165, 1.54) is 0 Å². The molecule has 0 radical (unpaired) electrons. The number of hydrogen-bond acceptors (Lipinski definition) is 1. The minimum atomic E-state index is -0.750. The van der Waals surface area contributed by atoms with Crippen LogP contribution in [0.15, 0.2) is 34.8 Å². The highest BCUT2D eigenvalue weighted by Gasteiger charge is 1.74. The first-order chi connectivity index (χ1) is 4.81. The molecule has 0 atom stereocenters. The van der Waals surface area contributed by atoms with Gasteiger partial charge >= 0.3 is 0 Å². The third-order valence-electron chi connectivity index (χ3n) is 0.733. The molecule has 0 aliphatic heterocycles. The normalized spacial score (nSPS) is 7.40. The molecule has 0 unspecified atom stereocenters. The summed E-state index contributed by atoms with van der Waals surface area (Å²) in [7, 11) is 0. The van der Waals surface area contributed by atoms with Crippen molar-refractivity contribution in [3.05, 3.63) is 34.8 Å². The van der Waals surface area contributed by atoms with E-state index in [1.807, 2.05) is 30.3 Å². The summed E-state index contributed by atoms with van der Waals surface area (Å²) in [6, 6.07) is 9.97. The van der Waals surface area contributed by atoms with Crippen molar-refractivity contribution in [2.24, 2.45) is 0 Å². The number of benzene rings is 1. The maximum absolute atomic E-state index is 9.61. The van der Waals surface area contributed by atoms with Crippen LogP contribution in [0.4, 0.5) is 4.39 Å². The minimum absolute atomic E-state index is 0.750. The van der Waals surface area contributed by atoms with Gasteiger partial charge in [-0.1, -0.05) is 34.1 Å². The van der Waals surface area contributed by atoms with E-state index in [4.69, 9.17) is 4.79 Å². The molecule has 0 amide bonds. The average molecular weight is 205 g/mol. The second-order valence-electron chi connectivity index (χ2n) is 1.38. The van der Waals surface area contributed by atoms with Gasteiger partial charge in [-0.25, -0.2) is 0 Å². The molecule has 0 heterocycles. The minimum Gasteiger partial charge on any atom is -0.265 e. The monoisotopic (exact) mass is 204 g/mol. The van der Waals surface area contributed by atoms with Crippen LogP contribution in [0.25, 0.3) is 0 Å². The van der Waals surface area contributed by atoms with E-state index < -0.39 is 6.54 Å². The molecule has 1 aromatic carbocycles. The second kappa shape index (κ2) is 6.42. The zero-order valence-corrected chi connectivity index (χ0v) is 6.71. The van der Waals surface area contributed by atoms with Crippen LogP contribution in [0.1, 0.15) is 0 Å². The highest BCUT2D eigenvalue weighted by Crippen LogP contribution is 2.05. The van der Waals surface area contributed by atoms with Gasteiger partial charge in [0.1, 0.15) is 0 Å². The van der Waals surface area contributed by atoms with Crippen molar-refractivity contribution in [2.75, 3.05) is 0 Å². The van der Waals surface area contributed by atoms with Crippen molar-refractivity contribution in [1.29, 1.82) is 0 Å². The molecule has 0 spiro atoms. The lowest BCUT2D eigenvalue weighted by molar-refractivity contribution is 0.510. The molecule has 3 heteroatoms. The van der Waals surface area contributed by atoms with Crippen LogP contribution in [0.3, 0.4) is 0 Å². The van der Waals surface area contributed by atoms with Crippen LogP contribution in [0.5, 0.6) is 0 Å². The van der Waals surface area contributed by atoms with Gasteiger partial charge in [-0.05, 0) is 12.1 Å². The van der Waals surface area contributed by atoms with Gasteiger partial charge in [0.15, 0.2) is 0 Å². The third-order valence-corrected chi connectivity index (χ3v) is 1.26. The number of carbonyl (C=O) groups is 1. The molecule has 0 saturated heterocycles. The van der Waals surface area contributed by atoms with Gasteiger partial charge < -0.3 is 0 Å². The summed E-state index contributed by atoms with van der Waals surface area (Å²) in [6.07, 6.45) is 0. The fourth-order valence-electron chi connectivity index (χ4n) is 0.415. The predicted octanol–water partition coefficient (Wildman–Crippen LogP) is 2.60. The SMILES string of the molecule is Brc1ccccc1.O=CF. The molecule has 1 aromatic rings. The summed E-state index contributed by atoms with van der Waals surface area (Å²) in [5.41, 5.74) is 0. The molecular formula is C7H6BrFO. The van der Waals surface area contributed by atoms with Crippen LogP contribution in [-0.4, -0.2) is 6.54 Å². The highest BCUT2D eigenvalue weighted by molar-refractivity contribution is 9.10. The van der Waals surface area contributed by atoms with Crippen molar-refractivity contribution in [3.63, 3.8) is 0 Å². The first-order valence-electron chi connectivity index (χ1n) is 2.55. The predicted molar refractivity (Wildman–Crippen MR) is 42.0 cm³/mol. The van der Waals surface area contributed by atoms with E-state index in [9.17, 15) is 4.39 Å². The van der Waals surface area contributed by atoms with Gasteiger partial charge in [0.2, 0.25) is 0 Å². The second-order valence-corrected chi connectivity index (χ2v) is 2.30. The molecular weight excluding hydrogens is 199 g/mol. The average Bonchev–Trinajstić information content (AvgIpc) is 1.91. The van der Waals surface area contributed by atoms with Crippen molar-refractivity contribution in [3.8, 4) is 0 Å². The summed E-state index contributed by atoms with van der Waals surface area (Å²) >= 11 is 3.31. The van der Waals surface area contributed by atoms with Gasteiger partial charge in [-0.15, -0.1) is 0 Å². The summed E-state index contributed by atoms with van der Waals surface area (Å²) in [5, 5.41) is 0. The van der Waals surface area contributed by atoms with Gasteiger partial charge in [-0.3, -0.25) is 4.79 Å². The molecule has 0 bridgehead atoms. The van der Waals surface area contributed by atoms with Crippen molar-refractivity contribution in [1.82, 2.24) is 0 Å². The quantitative estimate of drug-likeness (QED) is 0.469. The summed E-state index contributed by atoms with van der Waals surface area (Å²) < 4.78 is 10.7. The standard InChI is InChI=1S/C6H5Br.CHFO/c7-6-4-2-1-3-5-6;2-1-3/h1-5H;1H. The Morgan fingerprint density at radius 1 is 1.30 bits per heavy atom. The Kier molecular flexibility index (Phi) is 5.97. The number of carbonyl (C=O) groups excluding carboxylic acids is 1. The van der Waals surface area contributed by atoms with Crippen molar-refractivity contribution < 1.29 is 9.18 Å². The fraction of sp³-hybridized carbons (Fsp3) is 0. The molecule has 1 rings (SSSR count). The molecule has 0 saturated carbocycles. The Balaban J connectivity index is 0.000000236. The van der Waals surface area contributed by atoms with Crippen LogP contribution >= 0.6 is 15.9 Å². The number of rotatable bonds is 0. The topological polar surface area (TPSA) is 17.1 Å². The molecule has 0 fully saturated rings. The van der Waals surface area contributed by atoms with Crippen LogP contribution in [-0.2, 0) is 4.79 Å². The lowest BCUT2D eigenvalue weighted by Crippen LogP contribution is -1.55. The molecule has 0 N–H and O–H groups in total. The largest absolute Gasteiger partial charge is 0.289 e. The van der Waals surface area contributed by atoms with E-state index >= 15 is 0 Å². The Morgan fingerprint density at radius 2 is 1.70 bits per heavy atom. The summed E-state index contributed by atoms with van der Waals surface area (Å²) in [4.78, 5) is 8.14. The first-order valence-corrected chi connectivity index (χ1v) is 3.35. The lowest BCUT2D eigenvalue weighted by atomic mass is 10.4. The lowest BCUT2D eigenvalue weighted by Gasteiger charge is -1.80. The van der Waals surface area contributed by atoms with E-state index in [-0.39, 0.29) is 0 Å². The maximum Gasteiger partial charge on any atom is 0.289 e. The fourth-order valence-corrected chi connectivity index (χ4v) is 0.720. The maximum atomic E-state index is 9.61. The number of halogens is 2. The van der Waals surface area contributed by atoms with Gasteiger partial charge in [0.25, 0.3) is 6.54 Å². The zero-order valence-electron chi connectivity index (χ0n) is 5.13. The van der Waals surface area contributed by atoms with Crippen LogP contribution < -0.4 is 0 Å². The molecule has 10 heavy (non-hydrogen) atoms. The highest BCUT2D eigenvalue weighted by atomic mass is 79.9. The Bertz CT molecular complexity index is 176. The smallest absolute Gasteiger partial charge is 0.265 e. The number of hydrogen-bond donors (Lipinski definition) is 0. The Morgan fingerprint density at radius 3 is 1.90 bits per heavy atom. The van der Waals surface area contributed by atoms with Gasteiger partial charge in [0, 0.05) is 4.47 Å². The first kappa shape index (κ1) is 9.30. The van der Waals surface area contributed by atoms with Gasteiger partial charge in [-0.2, -0.15) is 4.39 Å². The van der Waals surface area contributed by atoms with E-state index in [0.29, 0.717) is 0 Å². The molecule has 0 aromatic heterocycles. The van der Waals surface area contributed by atoms with E-state index in [1.54, 1.807) is 0 Å². The Labute approximate surface area is 67.0 Å². The molecule has 1 nitrogen and oxygen atoms in total. The van der Waals surface area contributed by atoms with Crippen molar-refractivity contribution in [2.45, 2.75) is 0 Å². The molecule has 54 valence electrons. The van der Waals surface area contributed by atoms with Crippen molar-refractivity contribution >= 4 is 22.5 Å². The summed E-state index contributed by atoms with van der Waals surface area (Å²) in [5.74, 6) is 0. The van der Waals surface area contributed by atoms with Crippen LogP contribution in [0, 0.1) is 0 Å². The summed E-state index contributed by atoms with van der Waals surface area (Å²) in [6.45, 7) is -0.750. The van der Waals surface area contributed by atoms with Gasteiger partial charge in [0.05, 0.1) is 0 Å². The molecule has 0 aliphatic rings. The van der Waals surface area contributed by atoms with Crippen LogP contribution in [0.2, 0.25) is 0 Å². The zero-order chi connectivity index (χ0) is 7.82.